The van der Waals surface area contributed by atoms with E-state index in [0.717, 1.165) is 19.3 Å². The van der Waals surface area contributed by atoms with E-state index in [-0.39, 0.29) is 30.2 Å². The van der Waals surface area contributed by atoms with Crippen molar-refractivity contribution in [2.45, 2.75) is 77.9 Å². The molecule has 6 heteroatoms. The third-order valence-electron chi connectivity index (χ3n) is 6.13. The van der Waals surface area contributed by atoms with Gasteiger partial charge < -0.3 is 10.2 Å². The second kappa shape index (κ2) is 8.56. The molecule has 1 fully saturated rings. The van der Waals surface area contributed by atoms with E-state index in [9.17, 15) is 14.4 Å². The van der Waals surface area contributed by atoms with Gasteiger partial charge in [0.25, 0.3) is 5.91 Å². The Morgan fingerprint density at radius 3 is 2.62 bits per heavy atom. The first-order valence-corrected chi connectivity index (χ1v) is 10.8. The average Bonchev–Trinajstić information content (AvgIpc) is 2.96. The van der Waals surface area contributed by atoms with E-state index in [1.165, 1.54) is 0 Å². The lowest BCUT2D eigenvalue weighted by Gasteiger charge is -2.48. The van der Waals surface area contributed by atoms with Crippen LogP contribution in [0, 0.1) is 5.92 Å². The lowest BCUT2D eigenvalue weighted by Crippen LogP contribution is -2.62. The number of nitrogens with one attached hydrogen (secondary N) is 1. The lowest BCUT2D eigenvalue weighted by atomic mass is 9.98. The number of hydrogen-bond acceptors (Lipinski definition) is 3. The Balaban J connectivity index is 1.65. The summed E-state index contributed by atoms with van der Waals surface area (Å²) in [5.74, 6) is 0.546. The zero-order chi connectivity index (χ0) is 21.2. The van der Waals surface area contributed by atoms with Crippen molar-refractivity contribution in [3.63, 3.8) is 0 Å². The predicted molar refractivity (Wildman–Crippen MR) is 114 cm³/mol. The third kappa shape index (κ3) is 4.31. The zero-order valence-corrected chi connectivity index (χ0v) is 18.0. The quantitative estimate of drug-likeness (QED) is 0.724. The number of carbonyl (C=O) groups is 3. The molecule has 0 bridgehead atoms. The highest BCUT2D eigenvalue weighted by molar-refractivity contribution is 6.10. The summed E-state index contributed by atoms with van der Waals surface area (Å²) in [7, 11) is 0. The molecule has 2 heterocycles. The molecular weight excluding hydrogens is 366 g/mol. The Morgan fingerprint density at radius 1 is 1.17 bits per heavy atom. The molecule has 0 aromatic heterocycles. The second-order valence-corrected chi connectivity index (χ2v) is 8.96. The minimum absolute atomic E-state index is 0.0284. The average molecular weight is 400 g/mol. The Hall–Kier alpha value is -2.37. The summed E-state index contributed by atoms with van der Waals surface area (Å²) in [5, 5.41) is 3.05. The number of amides is 3. The predicted octanol–water partition coefficient (Wildman–Crippen LogP) is 3.71. The highest BCUT2D eigenvalue weighted by atomic mass is 16.2. The molecule has 29 heavy (non-hydrogen) atoms. The molecule has 1 saturated heterocycles. The molecule has 158 valence electrons. The molecule has 1 N–H and O–H groups in total. The van der Waals surface area contributed by atoms with Crippen molar-refractivity contribution in [1.82, 2.24) is 10.2 Å². The van der Waals surface area contributed by atoms with Crippen LogP contribution in [0.3, 0.4) is 0 Å². The van der Waals surface area contributed by atoms with Gasteiger partial charge in [-0.15, -0.1) is 0 Å². The van der Waals surface area contributed by atoms with Gasteiger partial charge >= 0.3 is 0 Å². The van der Waals surface area contributed by atoms with Crippen LogP contribution in [0.2, 0.25) is 0 Å². The molecule has 0 unspecified atom stereocenters. The van der Waals surface area contributed by atoms with Crippen molar-refractivity contribution >= 4 is 23.4 Å². The number of para-hydroxylation sites is 1. The van der Waals surface area contributed by atoms with Crippen molar-refractivity contribution in [2.24, 2.45) is 5.92 Å². The van der Waals surface area contributed by atoms with Crippen LogP contribution in [0.5, 0.6) is 0 Å². The summed E-state index contributed by atoms with van der Waals surface area (Å²) in [6.07, 6.45) is 4.44. The largest absolute Gasteiger partial charge is 0.354 e. The molecule has 2 aliphatic heterocycles. The molecule has 2 aliphatic rings. The smallest absolute Gasteiger partial charge is 0.257 e. The van der Waals surface area contributed by atoms with Gasteiger partial charge in [-0.3, -0.25) is 19.3 Å². The van der Waals surface area contributed by atoms with Gasteiger partial charge in [0.15, 0.2) is 0 Å². The minimum Gasteiger partial charge on any atom is -0.354 e. The first-order chi connectivity index (χ1) is 13.7. The Morgan fingerprint density at radius 2 is 1.90 bits per heavy atom. The maximum Gasteiger partial charge on any atom is 0.257 e. The van der Waals surface area contributed by atoms with Crippen LogP contribution in [-0.2, 0) is 9.59 Å². The minimum atomic E-state index is -0.703. The fraction of sp³-hybridized carbons (Fsp3) is 0.609. The van der Waals surface area contributed by atoms with Gasteiger partial charge in [-0.1, -0.05) is 38.8 Å². The van der Waals surface area contributed by atoms with Gasteiger partial charge in [0.1, 0.15) is 5.66 Å². The van der Waals surface area contributed by atoms with Crippen molar-refractivity contribution in [1.29, 1.82) is 0 Å². The maximum atomic E-state index is 13.2. The van der Waals surface area contributed by atoms with E-state index in [1.54, 1.807) is 15.9 Å². The molecule has 1 aromatic rings. The molecule has 3 amide bonds. The van der Waals surface area contributed by atoms with E-state index in [0.29, 0.717) is 36.6 Å². The van der Waals surface area contributed by atoms with Crippen LogP contribution in [0.1, 0.15) is 76.6 Å². The second-order valence-electron chi connectivity index (χ2n) is 8.96. The van der Waals surface area contributed by atoms with Crippen LogP contribution >= 0.6 is 0 Å². The SMILES string of the molecule is CC(C)CCC[C@H](C)NC(=O)CCN1C(=O)c2ccccc2N2C(=O)CC[C@]12C. The molecule has 6 nitrogen and oxygen atoms in total. The summed E-state index contributed by atoms with van der Waals surface area (Å²) in [6, 6.07) is 7.37. The monoisotopic (exact) mass is 399 g/mol. The van der Waals surface area contributed by atoms with Gasteiger partial charge in [0.05, 0.1) is 11.3 Å². The standard InChI is InChI=1S/C23H33N3O3/c1-16(2)8-7-9-17(3)24-20(27)13-15-25-22(29)18-10-5-6-11-19(18)26-21(28)12-14-23(25,26)4/h5-6,10-11,16-17H,7-9,12-15H2,1-4H3,(H,24,27)/t17-,23+/m0/s1. The van der Waals surface area contributed by atoms with E-state index >= 15 is 0 Å². The van der Waals surface area contributed by atoms with Gasteiger partial charge in [0, 0.05) is 25.4 Å². The lowest BCUT2D eigenvalue weighted by molar-refractivity contribution is -0.122. The fourth-order valence-electron chi connectivity index (χ4n) is 4.51. The van der Waals surface area contributed by atoms with Crippen molar-refractivity contribution in [3.05, 3.63) is 29.8 Å². The summed E-state index contributed by atoms with van der Waals surface area (Å²) >= 11 is 0. The number of hydrogen-bond donors (Lipinski definition) is 1. The van der Waals surface area contributed by atoms with E-state index < -0.39 is 5.66 Å². The van der Waals surface area contributed by atoms with E-state index in [1.807, 2.05) is 32.0 Å². The Kier molecular flexibility index (Phi) is 6.30. The molecule has 1 aromatic carbocycles. The van der Waals surface area contributed by atoms with Gasteiger partial charge in [-0.2, -0.15) is 0 Å². The first kappa shape index (κ1) is 21.3. The number of fused-ring (bicyclic) bond motifs is 3. The number of anilines is 1. The third-order valence-corrected chi connectivity index (χ3v) is 6.13. The van der Waals surface area contributed by atoms with Crippen LogP contribution in [0.4, 0.5) is 5.69 Å². The van der Waals surface area contributed by atoms with Crippen molar-refractivity contribution < 1.29 is 14.4 Å². The van der Waals surface area contributed by atoms with E-state index in [4.69, 9.17) is 0 Å². The van der Waals surface area contributed by atoms with Crippen LogP contribution < -0.4 is 10.2 Å². The highest BCUT2D eigenvalue weighted by Crippen LogP contribution is 2.43. The number of nitrogens with zero attached hydrogens (tertiary/aromatic N) is 2. The molecule has 3 rings (SSSR count). The zero-order valence-electron chi connectivity index (χ0n) is 18.0. The molecule has 0 aliphatic carbocycles. The Labute approximate surface area is 173 Å². The summed E-state index contributed by atoms with van der Waals surface area (Å²) in [5.41, 5.74) is 0.510. The summed E-state index contributed by atoms with van der Waals surface area (Å²) < 4.78 is 0. The van der Waals surface area contributed by atoms with Crippen LogP contribution in [0.15, 0.2) is 24.3 Å². The molecule has 0 saturated carbocycles. The van der Waals surface area contributed by atoms with Crippen LogP contribution in [0.25, 0.3) is 0 Å². The summed E-state index contributed by atoms with van der Waals surface area (Å²) in [4.78, 5) is 41.7. The van der Waals surface area contributed by atoms with Gasteiger partial charge in [0.2, 0.25) is 11.8 Å². The normalized spacial score (nSPS) is 22.0. The maximum absolute atomic E-state index is 13.2. The highest BCUT2D eigenvalue weighted by Gasteiger charge is 2.52. The number of carbonyl (C=O) groups excluding carboxylic acids is 3. The topological polar surface area (TPSA) is 69.7 Å². The molecule has 0 radical (unpaired) electrons. The number of benzene rings is 1. The summed E-state index contributed by atoms with van der Waals surface area (Å²) in [6.45, 7) is 8.67. The Bertz CT molecular complexity index is 791. The van der Waals surface area contributed by atoms with Crippen LogP contribution in [-0.4, -0.2) is 40.9 Å². The van der Waals surface area contributed by atoms with Gasteiger partial charge in [-0.05, 0) is 44.7 Å². The molecule has 0 spiro atoms. The fourth-order valence-corrected chi connectivity index (χ4v) is 4.51. The number of rotatable bonds is 8. The molecule has 2 atom stereocenters. The van der Waals surface area contributed by atoms with E-state index in [2.05, 4.69) is 19.2 Å². The van der Waals surface area contributed by atoms with Crippen molar-refractivity contribution in [2.75, 3.05) is 11.4 Å². The molecular formula is C23H33N3O3. The van der Waals surface area contributed by atoms with Crippen molar-refractivity contribution in [3.8, 4) is 0 Å². The van der Waals surface area contributed by atoms with Gasteiger partial charge in [-0.25, -0.2) is 0 Å². The first-order valence-electron chi connectivity index (χ1n) is 10.8.